The van der Waals surface area contributed by atoms with Gasteiger partial charge in [0.15, 0.2) is 5.96 Å². The number of piperidine rings is 1. The van der Waals surface area contributed by atoms with Crippen molar-refractivity contribution in [2.45, 2.75) is 69.9 Å². The molecule has 1 aliphatic carbocycles. The molecule has 1 aromatic rings. The van der Waals surface area contributed by atoms with Crippen LogP contribution in [0.1, 0.15) is 63.4 Å². The third-order valence-corrected chi connectivity index (χ3v) is 6.14. The number of aliphatic hydroxyl groups excluding tert-OH is 1. The van der Waals surface area contributed by atoms with E-state index in [1.807, 2.05) is 0 Å². The quantitative estimate of drug-likeness (QED) is 0.383. The van der Waals surface area contributed by atoms with Crippen LogP contribution in [0, 0.1) is 0 Å². The smallest absolute Gasteiger partial charge is 0.191 e. The average molecular weight is 387 g/mol. The minimum atomic E-state index is -0.0872. The minimum absolute atomic E-state index is 0.0872. The number of benzene rings is 1. The molecule has 5 nitrogen and oxygen atoms in total. The molecule has 0 radical (unpaired) electrons. The summed E-state index contributed by atoms with van der Waals surface area (Å²) in [6.45, 7) is 7.00. The molecule has 28 heavy (non-hydrogen) atoms. The highest BCUT2D eigenvalue weighted by Crippen LogP contribution is 2.32. The van der Waals surface area contributed by atoms with Crippen LogP contribution in [-0.4, -0.2) is 60.8 Å². The monoisotopic (exact) mass is 386 g/mol. The highest BCUT2D eigenvalue weighted by Gasteiger charge is 2.22. The van der Waals surface area contributed by atoms with Crippen LogP contribution in [0.4, 0.5) is 0 Å². The van der Waals surface area contributed by atoms with Crippen molar-refractivity contribution in [2.24, 2.45) is 4.99 Å². The van der Waals surface area contributed by atoms with Gasteiger partial charge in [0, 0.05) is 32.2 Å². The molecule has 0 bridgehead atoms. The van der Waals surface area contributed by atoms with Crippen LogP contribution in [-0.2, 0) is 0 Å². The van der Waals surface area contributed by atoms with Gasteiger partial charge in [0.25, 0.3) is 0 Å². The molecule has 1 aromatic carbocycles. The Bertz CT molecular complexity index is 576. The number of nitrogens with zero attached hydrogens (tertiary/aromatic N) is 2. The summed E-state index contributed by atoms with van der Waals surface area (Å²) >= 11 is 0. The van der Waals surface area contributed by atoms with Gasteiger partial charge < -0.3 is 20.6 Å². The molecule has 156 valence electrons. The molecule has 0 spiro atoms. The first-order chi connectivity index (χ1) is 13.7. The lowest BCUT2D eigenvalue weighted by Crippen LogP contribution is -2.44. The van der Waals surface area contributed by atoms with E-state index in [2.05, 4.69) is 52.8 Å². The van der Waals surface area contributed by atoms with Crippen molar-refractivity contribution in [1.82, 2.24) is 15.5 Å². The molecule has 5 heteroatoms. The molecule has 3 N–H and O–H groups in total. The van der Waals surface area contributed by atoms with Gasteiger partial charge in [0.2, 0.25) is 0 Å². The molecule has 0 atom stereocenters. The maximum atomic E-state index is 9.60. The van der Waals surface area contributed by atoms with Crippen molar-refractivity contribution in [3.05, 3.63) is 35.9 Å². The lowest BCUT2D eigenvalue weighted by molar-refractivity contribution is 0.0824. The number of rotatable bonds is 7. The number of hydrogen-bond donors (Lipinski definition) is 3. The fourth-order valence-electron chi connectivity index (χ4n) is 4.44. The van der Waals surface area contributed by atoms with Gasteiger partial charge in [-0.25, -0.2) is 0 Å². The summed E-state index contributed by atoms with van der Waals surface area (Å²) in [5.74, 6) is 1.68. The van der Waals surface area contributed by atoms with Crippen LogP contribution in [0.5, 0.6) is 0 Å². The SMILES string of the molecule is CCNC(=NCCCN1CCC(O)CC1)NC1CCC(c2ccccc2)CC1. The van der Waals surface area contributed by atoms with Crippen LogP contribution in [0.2, 0.25) is 0 Å². The zero-order valence-corrected chi connectivity index (χ0v) is 17.4. The van der Waals surface area contributed by atoms with Gasteiger partial charge in [-0.15, -0.1) is 0 Å². The summed E-state index contributed by atoms with van der Waals surface area (Å²) < 4.78 is 0. The summed E-state index contributed by atoms with van der Waals surface area (Å²) in [5, 5.41) is 16.7. The Labute approximate surface area is 170 Å². The van der Waals surface area contributed by atoms with E-state index >= 15 is 0 Å². The first-order valence-electron chi connectivity index (χ1n) is 11.2. The van der Waals surface area contributed by atoms with Gasteiger partial charge in [0.1, 0.15) is 0 Å². The Morgan fingerprint density at radius 2 is 1.79 bits per heavy atom. The number of aliphatic hydroxyl groups is 1. The molecule has 3 rings (SSSR count). The normalized spacial score (nSPS) is 24.9. The van der Waals surface area contributed by atoms with E-state index in [1.54, 1.807) is 0 Å². The van der Waals surface area contributed by atoms with Crippen LogP contribution in [0.25, 0.3) is 0 Å². The standard InChI is InChI=1S/C23H38N4O/c1-2-24-23(25-15-6-16-27-17-13-22(28)14-18-27)26-21-11-9-20(10-12-21)19-7-4-3-5-8-19/h3-5,7-8,20-22,28H,2,6,9-18H2,1H3,(H2,24,25,26). The fourth-order valence-corrected chi connectivity index (χ4v) is 4.44. The topological polar surface area (TPSA) is 59.9 Å². The Kier molecular flexibility index (Phi) is 8.62. The minimum Gasteiger partial charge on any atom is -0.393 e. The fraction of sp³-hybridized carbons (Fsp3) is 0.696. The van der Waals surface area contributed by atoms with Crippen molar-refractivity contribution in [2.75, 3.05) is 32.7 Å². The third kappa shape index (κ3) is 6.78. The van der Waals surface area contributed by atoms with E-state index in [0.717, 1.165) is 57.9 Å². The van der Waals surface area contributed by atoms with Crippen molar-refractivity contribution in [1.29, 1.82) is 0 Å². The van der Waals surface area contributed by atoms with Gasteiger partial charge in [-0.3, -0.25) is 4.99 Å². The molecular weight excluding hydrogens is 348 g/mol. The predicted molar refractivity (Wildman–Crippen MR) is 117 cm³/mol. The van der Waals surface area contributed by atoms with Gasteiger partial charge >= 0.3 is 0 Å². The lowest BCUT2D eigenvalue weighted by atomic mass is 9.82. The highest BCUT2D eigenvalue weighted by molar-refractivity contribution is 5.80. The molecule has 0 unspecified atom stereocenters. The van der Waals surface area contributed by atoms with Crippen molar-refractivity contribution >= 4 is 5.96 Å². The maximum Gasteiger partial charge on any atom is 0.191 e. The predicted octanol–water partition coefficient (Wildman–Crippen LogP) is 3.11. The largest absolute Gasteiger partial charge is 0.393 e. The van der Waals surface area contributed by atoms with E-state index in [9.17, 15) is 5.11 Å². The van der Waals surface area contributed by atoms with Gasteiger partial charge in [-0.2, -0.15) is 0 Å². The Balaban J connectivity index is 1.38. The Hall–Kier alpha value is -1.59. The third-order valence-electron chi connectivity index (χ3n) is 6.14. The molecule has 1 aliphatic heterocycles. The Morgan fingerprint density at radius 3 is 2.46 bits per heavy atom. The number of likely N-dealkylation sites (tertiary alicyclic amines) is 1. The number of aliphatic imine (C=N–C) groups is 1. The summed E-state index contributed by atoms with van der Waals surface area (Å²) in [6.07, 6.45) is 7.74. The highest BCUT2D eigenvalue weighted by atomic mass is 16.3. The van der Waals surface area contributed by atoms with Gasteiger partial charge in [-0.1, -0.05) is 30.3 Å². The molecule has 1 heterocycles. The molecule has 1 saturated carbocycles. The molecule has 2 aliphatic rings. The van der Waals surface area contributed by atoms with Crippen molar-refractivity contribution in [3.8, 4) is 0 Å². The second-order valence-electron chi connectivity index (χ2n) is 8.29. The second-order valence-corrected chi connectivity index (χ2v) is 8.29. The average Bonchev–Trinajstić information content (AvgIpc) is 2.74. The van der Waals surface area contributed by atoms with Crippen LogP contribution < -0.4 is 10.6 Å². The first kappa shape index (κ1) is 21.1. The first-order valence-corrected chi connectivity index (χ1v) is 11.2. The van der Waals surface area contributed by atoms with Crippen molar-refractivity contribution < 1.29 is 5.11 Å². The van der Waals surface area contributed by atoms with Gasteiger partial charge in [0.05, 0.1) is 6.10 Å². The molecule has 2 fully saturated rings. The zero-order chi connectivity index (χ0) is 19.6. The van der Waals surface area contributed by atoms with E-state index in [-0.39, 0.29) is 6.10 Å². The summed E-state index contributed by atoms with van der Waals surface area (Å²) in [7, 11) is 0. The summed E-state index contributed by atoms with van der Waals surface area (Å²) in [6, 6.07) is 11.5. The van der Waals surface area contributed by atoms with Crippen LogP contribution >= 0.6 is 0 Å². The zero-order valence-electron chi connectivity index (χ0n) is 17.4. The number of hydrogen-bond acceptors (Lipinski definition) is 3. The van der Waals surface area contributed by atoms with E-state index in [0.29, 0.717) is 12.0 Å². The van der Waals surface area contributed by atoms with Crippen LogP contribution in [0.15, 0.2) is 35.3 Å². The second kappa shape index (κ2) is 11.4. The van der Waals surface area contributed by atoms with E-state index in [4.69, 9.17) is 4.99 Å². The van der Waals surface area contributed by atoms with Crippen molar-refractivity contribution in [3.63, 3.8) is 0 Å². The maximum absolute atomic E-state index is 9.60. The molecule has 0 aromatic heterocycles. The molecule has 1 saturated heterocycles. The summed E-state index contributed by atoms with van der Waals surface area (Å²) in [5.41, 5.74) is 1.49. The van der Waals surface area contributed by atoms with E-state index < -0.39 is 0 Å². The number of nitrogens with one attached hydrogen (secondary N) is 2. The number of guanidine groups is 1. The van der Waals surface area contributed by atoms with E-state index in [1.165, 1.54) is 31.2 Å². The van der Waals surface area contributed by atoms with Gasteiger partial charge in [-0.05, 0) is 69.9 Å². The molecule has 0 amide bonds. The molecular formula is C23H38N4O. The lowest BCUT2D eigenvalue weighted by Gasteiger charge is -2.30. The summed E-state index contributed by atoms with van der Waals surface area (Å²) in [4.78, 5) is 7.25. The van der Waals surface area contributed by atoms with Crippen LogP contribution in [0.3, 0.4) is 0 Å². The Morgan fingerprint density at radius 1 is 1.07 bits per heavy atom.